The van der Waals surface area contributed by atoms with E-state index in [1.165, 1.54) is 43.4 Å². The van der Waals surface area contributed by atoms with E-state index in [4.69, 9.17) is 14.2 Å². The van der Waals surface area contributed by atoms with Crippen LogP contribution in [0.2, 0.25) is 0 Å². The van der Waals surface area contributed by atoms with Gasteiger partial charge in [-0.1, -0.05) is 33.8 Å². The molecule has 2 fully saturated rings. The van der Waals surface area contributed by atoms with Gasteiger partial charge in [0.2, 0.25) is 11.8 Å². The number of aromatic amines is 2. The molecule has 5 heterocycles. The number of alkyl carbamates (subject to hydrolysis) is 2. The van der Waals surface area contributed by atoms with Gasteiger partial charge in [-0.3, -0.25) is 9.59 Å². The van der Waals surface area contributed by atoms with Crippen LogP contribution in [0.3, 0.4) is 0 Å². The van der Waals surface area contributed by atoms with Crippen LogP contribution in [0.5, 0.6) is 5.75 Å². The van der Waals surface area contributed by atoms with E-state index < -0.39 is 66.3 Å². The lowest BCUT2D eigenvalue weighted by Crippen LogP contribution is -2.51. The number of amides is 4. The first-order valence-electron chi connectivity index (χ1n) is 20.7. The summed E-state index contributed by atoms with van der Waals surface area (Å²) in [5, 5.41) is 5.90. The summed E-state index contributed by atoms with van der Waals surface area (Å²) in [6.45, 7) is 6.76. The van der Waals surface area contributed by atoms with Crippen LogP contribution < -0.4 is 15.4 Å². The number of hydrogen-bond donors (Lipinski definition) is 4. The third-order valence-corrected chi connectivity index (χ3v) is 11.9. The SMILES string of the molecule is COC(=O)N[C@H](C(=O)N1C[C@H](F)C[C@H]1c1ncc(-c2cc(F)c(-c3cc4cc(-c5cnc([C@@H]6C[C@@H](F)CN6C(=O)[C@@H](NC(=O)OC)C(C)C)[nH]5)ccc4n3C)c(OC)c2)[nH]1)C(C)C. The Bertz CT molecular complexity index is 2520. The number of hydrogen-bond acceptors (Lipinski definition) is 9. The number of nitrogens with zero attached hydrogens (tertiary/aromatic N) is 5. The Kier molecular flexibility index (Phi) is 12.8. The van der Waals surface area contributed by atoms with Gasteiger partial charge in [-0.2, -0.15) is 0 Å². The third kappa shape index (κ3) is 8.77. The zero-order valence-corrected chi connectivity index (χ0v) is 36.3. The number of benzene rings is 2. The van der Waals surface area contributed by atoms with Gasteiger partial charge >= 0.3 is 12.2 Å². The normalized spacial score (nSPS) is 19.8. The van der Waals surface area contributed by atoms with E-state index in [1.54, 1.807) is 40.0 Å². The number of ether oxygens (including phenoxy) is 3. The molecule has 0 radical (unpaired) electrons. The molecule has 0 unspecified atom stereocenters. The Morgan fingerprint density at radius 1 is 0.746 bits per heavy atom. The van der Waals surface area contributed by atoms with Gasteiger partial charge in [0.15, 0.2) is 0 Å². The molecule has 5 aromatic rings. The minimum Gasteiger partial charge on any atom is -0.496 e. The highest BCUT2D eigenvalue weighted by atomic mass is 19.1. The molecule has 0 bridgehead atoms. The first-order chi connectivity index (χ1) is 30.0. The van der Waals surface area contributed by atoms with Crippen molar-refractivity contribution in [2.24, 2.45) is 18.9 Å². The fraction of sp³-hybridized carbons (Fsp3) is 0.455. The molecule has 4 amide bonds. The number of nitrogens with one attached hydrogen (secondary N) is 4. The van der Waals surface area contributed by atoms with Crippen LogP contribution >= 0.6 is 0 Å². The van der Waals surface area contributed by atoms with Crippen LogP contribution in [-0.2, 0) is 26.1 Å². The smallest absolute Gasteiger partial charge is 0.407 e. The van der Waals surface area contributed by atoms with E-state index in [0.717, 1.165) is 16.5 Å². The van der Waals surface area contributed by atoms with Gasteiger partial charge in [0.25, 0.3) is 0 Å². The molecule has 2 aromatic carbocycles. The summed E-state index contributed by atoms with van der Waals surface area (Å²) in [6.07, 6.45) is -1.01. The maximum Gasteiger partial charge on any atom is 0.407 e. The molecule has 0 spiro atoms. The number of alkyl halides is 2. The molecule has 7 rings (SSSR count). The Morgan fingerprint density at radius 2 is 1.25 bits per heavy atom. The van der Waals surface area contributed by atoms with Crippen LogP contribution in [0.1, 0.15) is 64.3 Å². The molecule has 0 aliphatic carbocycles. The number of aromatic nitrogens is 5. The number of rotatable bonds is 12. The number of carbonyl (C=O) groups excluding carboxylic acids is 4. The van der Waals surface area contributed by atoms with Crippen molar-refractivity contribution in [3.05, 3.63) is 66.3 Å². The monoisotopic (exact) mass is 875 g/mol. The fourth-order valence-corrected chi connectivity index (χ4v) is 8.54. The number of imidazole rings is 2. The fourth-order valence-electron chi connectivity index (χ4n) is 8.54. The molecule has 19 heteroatoms. The first-order valence-corrected chi connectivity index (χ1v) is 20.7. The second-order valence-corrected chi connectivity index (χ2v) is 16.7. The van der Waals surface area contributed by atoms with Crippen molar-refractivity contribution in [1.29, 1.82) is 0 Å². The highest BCUT2D eigenvalue weighted by Gasteiger charge is 2.43. The Morgan fingerprint density at radius 3 is 1.73 bits per heavy atom. The van der Waals surface area contributed by atoms with Crippen LogP contribution in [0.15, 0.2) is 48.8 Å². The van der Waals surface area contributed by atoms with Crippen LogP contribution in [0.4, 0.5) is 22.8 Å². The van der Waals surface area contributed by atoms with Crippen LogP contribution in [0.25, 0.3) is 44.7 Å². The predicted molar refractivity (Wildman–Crippen MR) is 226 cm³/mol. The average molecular weight is 876 g/mol. The van der Waals surface area contributed by atoms with E-state index >= 15 is 4.39 Å². The minimum atomic E-state index is -1.32. The van der Waals surface area contributed by atoms with Crippen molar-refractivity contribution in [3.63, 3.8) is 0 Å². The zero-order valence-electron chi connectivity index (χ0n) is 36.3. The number of methoxy groups -OCH3 is 3. The van der Waals surface area contributed by atoms with E-state index in [2.05, 4.69) is 30.6 Å². The number of fused-ring (bicyclic) bond motifs is 1. The molecule has 2 aliphatic heterocycles. The van der Waals surface area contributed by atoms with E-state index in [-0.39, 0.29) is 49.1 Å². The largest absolute Gasteiger partial charge is 0.496 e. The summed E-state index contributed by atoms with van der Waals surface area (Å²) in [5.74, 6) is -1.13. The molecule has 6 atom stereocenters. The van der Waals surface area contributed by atoms with Crippen LogP contribution in [0, 0.1) is 17.7 Å². The van der Waals surface area contributed by atoms with Crippen molar-refractivity contribution in [1.82, 2.24) is 44.9 Å². The summed E-state index contributed by atoms with van der Waals surface area (Å²) in [6, 6.07) is 7.22. The van der Waals surface area contributed by atoms with Gasteiger partial charge in [0, 0.05) is 41.9 Å². The van der Waals surface area contributed by atoms with Crippen molar-refractivity contribution in [2.75, 3.05) is 34.4 Å². The van der Waals surface area contributed by atoms with Crippen molar-refractivity contribution < 1.29 is 46.6 Å². The van der Waals surface area contributed by atoms with Gasteiger partial charge in [-0.15, -0.1) is 0 Å². The standard InChI is InChI=1S/C44H52F3N9O7/c1-21(2)37(52-43(59)62-7)41(57)55-19-26(45)15-33(55)39-48-17-29(50-39)23-9-10-31-25(11-23)13-32(54(31)5)36-28(47)12-24(14-35(36)61-6)30-18-49-40(51-30)34-16-27(46)20-56(34)42(58)38(22(3)4)53-44(60)63-8/h9-14,17-18,21-22,26-27,33-34,37-38H,15-16,19-20H2,1-8H3,(H,48,50)(H,49,51)(H,52,59)(H,53,60)/t26-,27-,33+,34+,37+,38+/m1/s1. The van der Waals surface area contributed by atoms with Gasteiger partial charge < -0.3 is 49.2 Å². The molecule has 4 N–H and O–H groups in total. The lowest BCUT2D eigenvalue weighted by Gasteiger charge is -2.29. The Balaban J connectivity index is 1.13. The third-order valence-electron chi connectivity index (χ3n) is 11.9. The average Bonchev–Trinajstić information content (AvgIpc) is 4.11. The van der Waals surface area contributed by atoms with Crippen LogP contribution in [-0.4, -0.2) is 117 Å². The van der Waals surface area contributed by atoms with Crippen molar-refractivity contribution >= 4 is 34.9 Å². The lowest BCUT2D eigenvalue weighted by atomic mass is 10.0. The van der Waals surface area contributed by atoms with Gasteiger partial charge in [0.1, 0.15) is 47.6 Å². The van der Waals surface area contributed by atoms with E-state index in [1.807, 2.05) is 35.9 Å². The Labute approximate surface area is 361 Å². The maximum absolute atomic E-state index is 16.4. The summed E-state index contributed by atoms with van der Waals surface area (Å²) >= 11 is 0. The van der Waals surface area contributed by atoms with Crippen molar-refractivity contribution in [3.8, 4) is 39.5 Å². The first kappa shape index (κ1) is 44.5. The van der Waals surface area contributed by atoms with Gasteiger partial charge in [-0.05, 0) is 42.2 Å². The molecule has 0 saturated carbocycles. The molecule has 336 valence electrons. The zero-order chi connectivity index (χ0) is 45.4. The second-order valence-electron chi connectivity index (χ2n) is 16.7. The quantitative estimate of drug-likeness (QED) is 0.105. The second kappa shape index (κ2) is 18.1. The highest BCUT2D eigenvalue weighted by molar-refractivity contribution is 5.92. The number of carbonyl (C=O) groups is 4. The summed E-state index contributed by atoms with van der Waals surface area (Å²) in [5.41, 5.74) is 3.73. The molecule has 2 saturated heterocycles. The molecule has 16 nitrogen and oxygen atoms in total. The molecule has 63 heavy (non-hydrogen) atoms. The van der Waals surface area contributed by atoms with Crippen molar-refractivity contribution in [2.45, 2.75) is 77.0 Å². The number of aryl methyl sites for hydroxylation is 1. The molecule has 2 aliphatic rings. The Hall–Kier alpha value is -6.53. The highest BCUT2D eigenvalue weighted by Crippen LogP contribution is 2.41. The lowest BCUT2D eigenvalue weighted by molar-refractivity contribution is -0.136. The molecular formula is C44H52F3N9O7. The van der Waals surface area contributed by atoms with E-state index in [9.17, 15) is 28.0 Å². The topological polar surface area (TPSA) is 189 Å². The minimum absolute atomic E-state index is 0.0150. The number of halogens is 3. The maximum atomic E-state index is 16.4. The summed E-state index contributed by atoms with van der Waals surface area (Å²) in [7, 11) is 5.66. The van der Waals surface area contributed by atoms with Gasteiger partial charge in [0.05, 0.1) is 81.5 Å². The summed E-state index contributed by atoms with van der Waals surface area (Å²) < 4.78 is 63.2. The van der Waals surface area contributed by atoms with E-state index in [0.29, 0.717) is 34.3 Å². The summed E-state index contributed by atoms with van der Waals surface area (Å²) in [4.78, 5) is 69.5. The predicted octanol–water partition coefficient (Wildman–Crippen LogP) is 6.76. The molecule has 3 aromatic heterocycles. The van der Waals surface area contributed by atoms with Gasteiger partial charge in [-0.25, -0.2) is 32.7 Å². The number of H-pyrrole nitrogens is 2. The number of likely N-dealkylation sites (tertiary alicyclic amines) is 2. The molecular weight excluding hydrogens is 824 g/mol.